The molecule has 2 heterocycles. The van der Waals surface area contributed by atoms with E-state index in [1.807, 2.05) is 42.5 Å². The van der Waals surface area contributed by atoms with Gasteiger partial charge in [-0.25, -0.2) is 15.0 Å². The number of hydrogen-bond donors (Lipinski definition) is 1. The molecule has 4 aromatic rings. The molecule has 0 aliphatic rings. The number of amides is 1. The first-order valence-corrected chi connectivity index (χ1v) is 8.65. The van der Waals surface area contributed by atoms with Gasteiger partial charge in [-0.2, -0.15) is 0 Å². The molecular formula is C22H16N4O2. The summed E-state index contributed by atoms with van der Waals surface area (Å²) in [5, 5.41) is 2.86. The predicted molar refractivity (Wildman–Crippen MR) is 106 cm³/mol. The van der Waals surface area contributed by atoms with E-state index in [1.54, 1.807) is 42.7 Å². The predicted octanol–water partition coefficient (Wildman–Crippen LogP) is 4.58. The number of nitrogens with zero attached hydrogens (tertiary/aromatic N) is 3. The number of rotatable bonds is 5. The molecule has 4 rings (SSSR count). The number of para-hydroxylation sites is 1. The molecule has 0 unspecified atom stereocenters. The van der Waals surface area contributed by atoms with Crippen molar-refractivity contribution in [3.05, 3.63) is 97.1 Å². The van der Waals surface area contributed by atoms with Gasteiger partial charge < -0.3 is 10.1 Å². The van der Waals surface area contributed by atoms with E-state index in [2.05, 4.69) is 20.3 Å². The number of carbonyl (C=O) groups is 1. The molecule has 1 N–H and O–H groups in total. The third-order valence-electron chi connectivity index (χ3n) is 3.97. The third kappa shape index (κ3) is 4.02. The maximum absolute atomic E-state index is 12.5. The Kier molecular flexibility index (Phi) is 5.02. The SMILES string of the molecule is O=C(Nc1ccccc1)c1cccc(Oc2ncccc2-c2ccncn2)c1. The summed E-state index contributed by atoms with van der Waals surface area (Å²) in [7, 11) is 0. The minimum absolute atomic E-state index is 0.214. The molecule has 136 valence electrons. The largest absolute Gasteiger partial charge is 0.438 e. The number of ether oxygens (including phenoxy) is 1. The fraction of sp³-hybridized carbons (Fsp3) is 0. The van der Waals surface area contributed by atoms with E-state index >= 15 is 0 Å². The molecule has 0 bridgehead atoms. The highest BCUT2D eigenvalue weighted by Gasteiger charge is 2.12. The van der Waals surface area contributed by atoms with Crippen LogP contribution in [0.25, 0.3) is 11.3 Å². The Morgan fingerprint density at radius 2 is 1.75 bits per heavy atom. The van der Waals surface area contributed by atoms with E-state index in [1.165, 1.54) is 6.33 Å². The molecule has 0 fully saturated rings. The van der Waals surface area contributed by atoms with Gasteiger partial charge in [-0.1, -0.05) is 24.3 Å². The van der Waals surface area contributed by atoms with Gasteiger partial charge >= 0.3 is 0 Å². The number of benzene rings is 2. The summed E-state index contributed by atoms with van der Waals surface area (Å²) in [6.45, 7) is 0. The van der Waals surface area contributed by atoms with Gasteiger partial charge in [0.15, 0.2) is 0 Å². The quantitative estimate of drug-likeness (QED) is 0.558. The van der Waals surface area contributed by atoms with Gasteiger partial charge in [0.1, 0.15) is 12.1 Å². The number of nitrogens with one attached hydrogen (secondary N) is 1. The summed E-state index contributed by atoms with van der Waals surface area (Å²) in [4.78, 5) is 25.0. The standard InChI is InChI=1S/C22H16N4O2/c27-21(26-17-7-2-1-3-8-17)16-6-4-9-18(14-16)28-22-19(10-5-12-24-22)20-11-13-23-15-25-20/h1-15H,(H,26,27). The van der Waals surface area contributed by atoms with Crippen LogP contribution in [0.5, 0.6) is 11.6 Å². The van der Waals surface area contributed by atoms with Crippen LogP contribution in [-0.4, -0.2) is 20.9 Å². The smallest absolute Gasteiger partial charge is 0.255 e. The summed E-state index contributed by atoms with van der Waals surface area (Å²) in [5.41, 5.74) is 2.66. The fourth-order valence-electron chi connectivity index (χ4n) is 2.65. The van der Waals surface area contributed by atoms with Gasteiger partial charge in [0.05, 0.1) is 11.3 Å². The third-order valence-corrected chi connectivity index (χ3v) is 3.97. The van der Waals surface area contributed by atoms with Crippen molar-refractivity contribution in [2.45, 2.75) is 0 Å². The molecular weight excluding hydrogens is 352 g/mol. The Balaban J connectivity index is 1.57. The lowest BCUT2D eigenvalue weighted by Gasteiger charge is -2.10. The van der Waals surface area contributed by atoms with Gasteiger partial charge in [0.25, 0.3) is 5.91 Å². The van der Waals surface area contributed by atoms with Crippen LogP contribution in [0.4, 0.5) is 5.69 Å². The lowest BCUT2D eigenvalue weighted by atomic mass is 10.2. The van der Waals surface area contributed by atoms with Crippen molar-refractivity contribution in [3.63, 3.8) is 0 Å². The Hall–Kier alpha value is -4.06. The topological polar surface area (TPSA) is 77.0 Å². The van der Waals surface area contributed by atoms with E-state index in [4.69, 9.17) is 4.74 Å². The average Bonchev–Trinajstić information content (AvgIpc) is 2.76. The second-order valence-electron chi connectivity index (χ2n) is 5.90. The highest BCUT2D eigenvalue weighted by Crippen LogP contribution is 2.30. The summed E-state index contributed by atoms with van der Waals surface area (Å²) in [5.74, 6) is 0.699. The molecule has 6 heteroatoms. The second kappa shape index (κ2) is 8.09. The maximum Gasteiger partial charge on any atom is 0.255 e. The molecule has 0 aliphatic heterocycles. The Labute approximate surface area is 161 Å². The molecule has 1 amide bonds. The fourth-order valence-corrected chi connectivity index (χ4v) is 2.65. The maximum atomic E-state index is 12.5. The number of pyridine rings is 1. The Morgan fingerprint density at radius 3 is 2.57 bits per heavy atom. The molecule has 0 radical (unpaired) electrons. The van der Waals surface area contributed by atoms with Gasteiger partial charge in [-0.05, 0) is 48.5 Å². The van der Waals surface area contributed by atoms with Gasteiger partial charge in [-0.3, -0.25) is 4.79 Å². The van der Waals surface area contributed by atoms with Crippen LogP contribution in [0.15, 0.2) is 91.5 Å². The summed E-state index contributed by atoms with van der Waals surface area (Å²) in [6.07, 6.45) is 4.78. The van der Waals surface area contributed by atoms with Gasteiger partial charge in [0.2, 0.25) is 5.88 Å². The van der Waals surface area contributed by atoms with Crippen LogP contribution in [0, 0.1) is 0 Å². The number of hydrogen-bond acceptors (Lipinski definition) is 5. The van der Waals surface area contributed by atoms with Crippen LogP contribution in [0.2, 0.25) is 0 Å². The lowest BCUT2D eigenvalue weighted by Crippen LogP contribution is -2.11. The zero-order chi connectivity index (χ0) is 19.2. The molecule has 2 aromatic carbocycles. The van der Waals surface area contributed by atoms with Crippen molar-refractivity contribution >= 4 is 11.6 Å². The molecule has 0 atom stereocenters. The van der Waals surface area contributed by atoms with Crippen LogP contribution < -0.4 is 10.1 Å². The second-order valence-corrected chi connectivity index (χ2v) is 5.90. The van der Waals surface area contributed by atoms with E-state index in [0.29, 0.717) is 22.9 Å². The molecule has 0 saturated carbocycles. The first-order valence-electron chi connectivity index (χ1n) is 8.65. The van der Waals surface area contributed by atoms with E-state index < -0.39 is 0 Å². The monoisotopic (exact) mass is 368 g/mol. The van der Waals surface area contributed by atoms with Gasteiger partial charge in [-0.15, -0.1) is 0 Å². The van der Waals surface area contributed by atoms with Crippen molar-refractivity contribution in [2.24, 2.45) is 0 Å². The first kappa shape index (κ1) is 17.4. The normalized spacial score (nSPS) is 10.3. The van der Waals surface area contributed by atoms with E-state index in [0.717, 1.165) is 11.3 Å². The van der Waals surface area contributed by atoms with Crippen molar-refractivity contribution in [1.29, 1.82) is 0 Å². The number of anilines is 1. The summed E-state index contributed by atoms with van der Waals surface area (Å²) < 4.78 is 5.95. The van der Waals surface area contributed by atoms with Crippen molar-refractivity contribution in [2.75, 3.05) is 5.32 Å². The zero-order valence-electron chi connectivity index (χ0n) is 14.8. The van der Waals surface area contributed by atoms with Crippen LogP contribution in [0.1, 0.15) is 10.4 Å². The first-order chi connectivity index (χ1) is 13.8. The molecule has 0 aliphatic carbocycles. The molecule has 6 nitrogen and oxygen atoms in total. The summed E-state index contributed by atoms with van der Waals surface area (Å²) in [6, 6.07) is 21.7. The molecule has 2 aromatic heterocycles. The summed E-state index contributed by atoms with van der Waals surface area (Å²) >= 11 is 0. The van der Waals surface area contributed by atoms with Crippen LogP contribution in [0.3, 0.4) is 0 Å². The van der Waals surface area contributed by atoms with Crippen molar-refractivity contribution in [3.8, 4) is 22.9 Å². The van der Waals surface area contributed by atoms with Gasteiger partial charge in [0, 0.05) is 23.6 Å². The lowest BCUT2D eigenvalue weighted by molar-refractivity contribution is 0.102. The molecule has 0 spiro atoms. The van der Waals surface area contributed by atoms with E-state index in [-0.39, 0.29) is 5.91 Å². The highest BCUT2D eigenvalue weighted by atomic mass is 16.5. The molecule has 0 saturated heterocycles. The zero-order valence-corrected chi connectivity index (χ0v) is 14.8. The Bertz CT molecular complexity index is 1090. The van der Waals surface area contributed by atoms with Crippen LogP contribution >= 0.6 is 0 Å². The Morgan fingerprint density at radius 1 is 0.857 bits per heavy atom. The average molecular weight is 368 g/mol. The van der Waals surface area contributed by atoms with Crippen LogP contribution in [-0.2, 0) is 0 Å². The number of aromatic nitrogens is 3. The number of carbonyl (C=O) groups excluding carboxylic acids is 1. The molecule has 28 heavy (non-hydrogen) atoms. The highest BCUT2D eigenvalue weighted by molar-refractivity contribution is 6.04. The van der Waals surface area contributed by atoms with E-state index in [9.17, 15) is 4.79 Å². The minimum Gasteiger partial charge on any atom is -0.438 e. The van der Waals surface area contributed by atoms with Crippen molar-refractivity contribution < 1.29 is 9.53 Å². The van der Waals surface area contributed by atoms with Crippen molar-refractivity contribution in [1.82, 2.24) is 15.0 Å². The minimum atomic E-state index is -0.214.